The zero-order chi connectivity index (χ0) is 13.9. The van der Waals surface area contributed by atoms with Crippen molar-refractivity contribution in [3.63, 3.8) is 0 Å². The molecule has 110 valence electrons. The normalized spacial score (nSPS) is 24.5. The minimum Gasteiger partial charge on any atom is -0.378 e. The van der Waals surface area contributed by atoms with E-state index in [9.17, 15) is 4.79 Å². The SMILES string of the molecule is CC(CC(C)(NC1CC1)C(N)=O)OCCC1CCC1. The lowest BCUT2D eigenvalue weighted by atomic mass is 9.83. The molecule has 2 fully saturated rings. The first-order valence-corrected chi connectivity index (χ1v) is 7.69. The van der Waals surface area contributed by atoms with Crippen LogP contribution in [0.15, 0.2) is 0 Å². The van der Waals surface area contributed by atoms with Gasteiger partial charge in [-0.15, -0.1) is 0 Å². The smallest absolute Gasteiger partial charge is 0.237 e. The summed E-state index contributed by atoms with van der Waals surface area (Å²) in [7, 11) is 0. The molecular formula is C15H28N2O2. The Kier molecular flexibility index (Phi) is 4.85. The van der Waals surface area contributed by atoms with Gasteiger partial charge in [-0.2, -0.15) is 0 Å². The number of primary amides is 1. The van der Waals surface area contributed by atoms with Crippen LogP contribution in [-0.2, 0) is 9.53 Å². The van der Waals surface area contributed by atoms with Gasteiger partial charge >= 0.3 is 0 Å². The molecular weight excluding hydrogens is 240 g/mol. The molecule has 4 nitrogen and oxygen atoms in total. The van der Waals surface area contributed by atoms with Gasteiger partial charge < -0.3 is 15.8 Å². The number of rotatable bonds is 9. The van der Waals surface area contributed by atoms with Crippen LogP contribution in [0.2, 0.25) is 0 Å². The van der Waals surface area contributed by atoms with E-state index in [1.165, 1.54) is 19.3 Å². The Bertz CT molecular complexity index is 313. The monoisotopic (exact) mass is 268 g/mol. The van der Waals surface area contributed by atoms with E-state index in [0.29, 0.717) is 12.5 Å². The van der Waals surface area contributed by atoms with Crippen LogP contribution in [0, 0.1) is 5.92 Å². The Morgan fingerprint density at radius 2 is 2.11 bits per heavy atom. The zero-order valence-corrected chi connectivity index (χ0v) is 12.3. The van der Waals surface area contributed by atoms with Crippen LogP contribution >= 0.6 is 0 Å². The molecule has 2 aliphatic rings. The maximum Gasteiger partial charge on any atom is 0.237 e. The highest BCUT2D eigenvalue weighted by Crippen LogP contribution is 2.29. The molecule has 2 rings (SSSR count). The van der Waals surface area contributed by atoms with Crippen molar-refractivity contribution in [1.82, 2.24) is 5.32 Å². The zero-order valence-electron chi connectivity index (χ0n) is 12.3. The first kappa shape index (κ1) is 14.8. The van der Waals surface area contributed by atoms with E-state index in [4.69, 9.17) is 10.5 Å². The summed E-state index contributed by atoms with van der Waals surface area (Å²) >= 11 is 0. The number of nitrogens with one attached hydrogen (secondary N) is 1. The molecule has 2 saturated carbocycles. The van der Waals surface area contributed by atoms with Crippen molar-refractivity contribution >= 4 is 5.91 Å². The number of hydrogen-bond donors (Lipinski definition) is 2. The Balaban J connectivity index is 1.70. The van der Waals surface area contributed by atoms with Crippen molar-refractivity contribution in [2.75, 3.05) is 6.61 Å². The third-order valence-electron chi connectivity index (χ3n) is 4.49. The van der Waals surface area contributed by atoms with Crippen LogP contribution in [0.1, 0.15) is 58.8 Å². The molecule has 2 unspecified atom stereocenters. The second kappa shape index (κ2) is 6.23. The van der Waals surface area contributed by atoms with Crippen molar-refractivity contribution in [3.05, 3.63) is 0 Å². The van der Waals surface area contributed by atoms with Crippen molar-refractivity contribution in [3.8, 4) is 0 Å². The van der Waals surface area contributed by atoms with Crippen LogP contribution in [0.4, 0.5) is 0 Å². The highest BCUT2D eigenvalue weighted by Gasteiger charge is 2.38. The standard InChI is InChI=1S/C15H28N2O2/c1-11(19-9-8-12-4-3-5-12)10-15(2,14(16)18)17-13-6-7-13/h11-13,17H,3-10H2,1-2H3,(H2,16,18). The van der Waals surface area contributed by atoms with Gasteiger partial charge in [0.05, 0.1) is 11.6 Å². The summed E-state index contributed by atoms with van der Waals surface area (Å²) in [5.41, 5.74) is 4.92. The van der Waals surface area contributed by atoms with E-state index in [-0.39, 0.29) is 12.0 Å². The molecule has 0 aromatic rings. The van der Waals surface area contributed by atoms with Crippen LogP contribution in [-0.4, -0.2) is 30.2 Å². The Morgan fingerprint density at radius 1 is 1.42 bits per heavy atom. The minimum atomic E-state index is -0.628. The van der Waals surface area contributed by atoms with Gasteiger partial charge in [-0.25, -0.2) is 0 Å². The summed E-state index contributed by atoms with van der Waals surface area (Å²) in [6.07, 6.45) is 8.30. The molecule has 0 bridgehead atoms. The molecule has 2 atom stereocenters. The number of nitrogens with two attached hydrogens (primary N) is 1. The lowest BCUT2D eigenvalue weighted by Crippen LogP contribution is -2.55. The molecule has 2 aliphatic carbocycles. The first-order valence-electron chi connectivity index (χ1n) is 7.69. The topological polar surface area (TPSA) is 64.3 Å². The molecule has 0 aromatic carbocycles. The highest BCUT2D eigenvalue weighted by atomic mass is 16.5. The van der Waals surface area contributed by atoms with Crippen molar-refractivity contribution in [2.24, 2.45) is 11.7 Å². The lowest BCUT2D eigenvalue weighted by Gasteiger charge is -2.31. The summed E-state index contributed by atoms with van der Waals surface area (Å²) in [5.74, 6) is 0.605. The third kappa shape index (κ3) is 4.46. The molecule has 0 radical (unpaired) electrons. The summed E-state index contributed by atoms with van der Waals surface area (Å²) in [6.45, 7) is 4.75. The van der Waals surface area contributed by atoms with E-state index >= 15 is 0 Å². The number of ether oxygens (including phenoxy) is 1. The first-order chi connectivity index (χ1) is 8.99. The second-order valence-corrected chi connectivity index (χ2v) is 6.59. The van der Waals surface area contributed by atoms with E-state index in [1.807, 2.05) is 13.8 Å². The van der Waals surface area contributed by atoms with Gasteiger partial charge in [0.25, 0.3) is 0 Å². The van der Waals surface area contributed by atoms with Crippen molar-refractivity contribution in [2.45, 2.75) is 76.5 Å². The summed E-state index contributed by atoms with van der Waals surface area (Å²) < 4.78 is 5.85. The number of carbonyl (C=O) groups is 1. The van der Waals surface area contributed by atoms with Crippen LogP contribution in [0.3, 0.4) is 0 Å². The predicted molar refractivity (Wildman–Crippen MR) is 75.7 cm³/mol. The molecule has 4 heteroatoms. The fraction of sp³-hybridized carbons (Fsp3) is 0.933. The lowest BCUT2D eigenvalue weighted by molar-refractivity contribution is -0.125. The Hall–Kier alpha value is -0.610. The van der Waals surface area contributed by atoms with E-state index in [0.717, 1.165) is 31.8 Å². The Labute approximate surface area is 116 Å². The average molecular weight is 268 g/mol. The predicted octanol–water partition coefficient (Wildman–Crippen LogP) is 1.97. The van der Waals surface area contributed by atoms with Crippen molar-refractivity contribution in [1.29, 1.82) is 0 Å². The van der Waals surface area contributed by atoms with E-state index in [2.05, 4.69) is 5.32 Å². The van der Waals surface area contributed by atoms with Crippen LogP contribution in [0.5, 0.6) is 0 Å². The highest BCUT2D eigenvalue weighted by molar-refractivity contribution is 5.84. The van der Waals surface area contributed by atoms with Gasteiger partial charge in [-0.3, -0.25) is 4.79 Å². The summed E-state index contributed by atoms with van der Waals surface area (Å²) in [4.78, 5) is 11.7. The molecule has 0 aromatic heterocycles. The number of amides is 1. The van der Waals surface area contributed by atoms with Crippen LogP contribution < -0.4 is 11.1 Å². The number of carbonyl (C=O) groups excluding carboxylic acids is 1. The average Bonchev–Trinajstić information content (AvgIpc) is 3.05. The molecule has 19 heavy (non-hydrogen) atoms. The van der Waals surface area contributed by atoms with Crippen molar-refractivity contribution < 1.29 is 9.53 Å². The second-order valence-electron chi connectivity index (χ2n) is 6.59. The van der Waals surface area contributed by atoms with Gasteiger partial charge in [-0.05, 0) is 39.0 Å². The molecule has 1 amide bonds. The van der Waals surface area contributed by atoms with Gasteiger partial charge in [0, 0.05) is 19.1 Å². The van der Waals surface area contributed by atoms with Gasteiger partial charge in [0.1, 0.15) is 0 Å². The van der Waals surface area contributed by atoms with Crippen LogP contribution in [0.25, 0.3) is 0 Å². The van der Waals surface area contributed by atoms with Gasteiger partial charge in [-0.1, -0.05) is 19.3 Å². The fourth-order valence-corrected chi connectivity index (χ4v) is 2.76. The Morgan fingerprint density at radius 3 is 2.58 bits per heavy atom. The third-order valence-corrected chi connectivity index (χ3v) is 4.49. The summed E-state index contributed by atoms with van der Waals surface area (Å²) in [5, 5.41) is 3.36. The molecule has 0 heterocycles. The molecule has 0 aliphatic heterocycles. The summed E-state index contributed by atoms with van der Waals surface area (Å²) in [6, 6.07) is 0.472. The fourth-order valence-electron chi connectivity index (χ4n) is 2.76. The maximum atomic E-state index is 11.7. The van der Waals surface area contributed by atoms with Gasteiger partial charge in [0.15, 0.2) is 0 Å². The van der Waals surface area contributed by atoms with E-state index in [1.54, 1.807) is 0 Å². The largest absolute Gasteiger partial charge is 0.378 e. The van der Waals surface area contributed by atoms with E-state index < -0.39 is 5.54 Å². The quantitative estimate of drug-likeness (QED) is 0.672. The molecule has 0 spiro atoms. The molecule has 0 saturated heterocycles. The minimum absolute atomic E-state index is 0.0730. The van der Waals surface area contributed by atoms with Gasteiger partial charge in [0.2, 0.25) is 5.91 Å². The maximum absolute atomic E-state index is 11.7. The molecule has 3 N–H and O–H groups in total. The number of hydrogen-bond acceptors (Lipinski definition) is 3.